The van der Waals surface area contributed by atoms with Gasteiger partial charge < -0.3 is 10.4 Å². The van der Waals surface area contributed by atoms with Crippen LogP contribution in [0.5, 0.6) is 0 Å². The number of aliphatic imine (C=N–C) groups is 1. The first kappa shape index (κ1) is 22.8. The van der Waals surface area contributed by atoms with Crippen molar-refractivity contribution in [2.45, 2.75) is 32.7 Å². The SMILES string of the molecule is CCC(C)(CO)NC(=O)CSC=N/C(=C(\C)c1ccncc1)c1ccc(F)cc1. The second-order valence-electron chi connectivity index (χ2n) is 6.88. The molecule has 0 radical (unpaired) electrons. The Bertz CT molecular complexity index is 863. The van der Waals surface area contributed by atoms with Crippen LogP contribution in [-0.4, -0.2) is 39.4 Å². The molecule has 0 saturated carbocycles. The molecule has 0 spiro atoms. The van der Waals surface area contributed by atoms with E-state index in [4.69, 9.17) is 0 Å². The third-order valence-electron chi connectivity index (χ3n) is 4.63. The summed E-state index contributed by atoms with van der Waals surface area (Å²) in [4.78, 5) is 20.7. The number of carbonyl (C=O) groups is 1. The Kier molecular flexibility index (Phi) is 8.54. The maximum absolute atomic E-state index is 13.3. The Morgan fingerprint density at radius 1 is 1.24 bits per heavy atom. The zero-order valence-corrected chi connectivity index (χ0v) is 17.7. The van der Waals surface area contributed by atoms with Gasteiger partial charge in [0.2, 0.25) is 5.91 Å². The molecule has 1 aromatic heterocycles. The van der Waals surface area contributed by atoms with Crippen molar-refractivity contribution in [3.8, 4) is 0 Å². The maximum atomic E-state index is 13.3. The first-order valence-corrected chi connectivity index (χ1v) is 10.4. The van der Waals surface area contributed by atoms with Gasteiger partial charge in [0.1, 0.15) is 5.82 Å². The molecular formula is C22H26FN3O2S. The van der Waals surface area contributed by atoms with Crippen molar-refractivity contribution in [2.24, 2.45) is 4.99 Å². The van der Waals surface area contributed by atoms with Gasteiger partial charge in [0.05, 0.1) is 29.1 Å². The number of hydrogen-bond acceptors (Lipinski definition) is 5. The molecule has 1 aromatic carbocycles. The number of hydrogen-bond donors (Lipinski definition) is 2. The Labute approximate surface area is 175 Å². The predicted molar refractivity (Wildman–Crippen MR) is 118 cm³/mol. The number of aliphatic hydroxyl groups excluding tert-OH is 1. The fraction of sp³-hybridized carbons (Fsp3) is 0.318. The summed E-state index contributed by atoms with van der Waals surface area (Å²) >= 11 is 1.26. The Morgan fingerprint density at radius 2 is 1.90 bits per heavy atom. The van der Waals surface area contributed by atoms with Crippen molar-refractivity contribution in [3.05, 3.63) is 65.7 Å². The lowest BCUT2D eigenvalue weighted by Gasteiger charge is -2.26. The largest absolute Gasteiger partial charge is 0.394 e. The summed E-state index contributed by atoms with van der Waals surface area (Å²) in [6.45, 7) is 5.54. The van der Waals surface area contributed by atoms with Gasteiger partial charge in [-0.2, -0.15) is 0 Å². The summed E-state index contributed by atoms with van der Waals surface area (Å²) in [7, 11) is 0. The molecule has 0 aliphatic heterocycles. The van der Waals surface area contributed by atoms with Crippen LogP contribution in [0.3, 0.4) is 0 Å². The molecule has 1 atom stereocenters. The summed E-state index contributed by atoms with van der Waals surface area (Å²) < 4.78 is 13.3. The highest BCUT2D eigenvalue weighted by atomic mass is 32.2. The van der Waals surface area contributed by atoms with E-state index in [0.29, 0.717) is 12.1 Å². The smallest absolute Gasteiger partial charge is 0.230 e. The molecule has 0 bridgehead atoms. The zero-order valence-electron chi connectivity index (χ0n) is 16.9. The number of thioether (sulfide) groups is 1. The molecule has 2 aromatic rings. The maximum Gasteiger partial charge on any atom is 0.230 e. The molecule has 7 heteroatoms. The van der Waals surface area contributed by atoms with E-state index in [-0.39, 0.29) is 24.1 Å². The molecule has 2 rings (SSSR count). The van der Waals surface area contributed by atoms with Crippen LogP contribution >= 0.6 is 11.8 Å². The Hall–Kier alpha value is -2.51. The van der Waals surface area contributed by atoms with E-state index in [1.807, 2.05) is 26.0 Å². The molecule has 5 nitrogen and oxygen atoms in total. The van der Waals surface area contributed by atoms with Crippen LogP contribution in [0, 0.1) is 5.82 Å². The van der Waals surface area contributed by atoms with Crippen molar-refractivity contribution >= 4 is 34.5 Å². The van der Waals surface area contributed by atoms with Crippen molar-refractivity contribution in [3.63, 3.8) is 0 Å². The van der Waals surface area contributed by atoms with Crippen molar-refractivity contribution in [1.29, 1.82) is 0 Å². The number of nitrogens with zero attached hydrogens (tertiary/aromatic N) is 2. The number of aliphatic hydroxyl groups is 1. The molecule has 0 saturated heterocycles. The van der Waals surface area contributed by atoms with Crippen LogP contribution in [0.1, 0.15) is 38.3 Å². The fourth-order valence-corrected chi connectivity index (χ4v) is 3.03. The first-order chi connectivity index (χ1) is 13.9. The molecule has 1 heterocycles. The summed E-state index contributed by atoms with van der Waals surface area (Å²) in [6, 6.07) is 9.92. The average molecular weight is 416 g/mol. The van der Waals surface area contributed by atoms with Crippen molar-refractivity contribution in [2.75, 3.05) is 12.4 Å². The normalized spacial score (nSPS) is 14.4. The van der Waals surface area contributed by atoms with E-state index in [9.17, 15) is 14.3 Å². The lowest BCUT2D eigenvalue weighted by Crippen LogP contribution is -2.49. The second-order valence-corrected chi connectivity index (χ2v) is 7.72. The number of benzene rings is 1. The van der Waals surface area contributed by atoms with Gasteiger partial charge in [-0.15, -0.1) is 11.8 Å². The zero-order chi connectivity index (χ0) is 21.3. The molecule has 1 unspecified atom stereocenters. The van der Waals surface area contributed by atoms with E-state index in [1.165, 1.54) is 23.9 Å². The minimum Gasteiger partial charge on any atom is -0.394 e. The molecule has 2 N–H and O–H groups in total. The van der Waals surface area contributed by atoms with Gasteiger partial charge in [0.15, 0.2) is 0 Å². The van der Waals surface area contributed by atoms with Gasteiger partial charge in [-0.05, 0) is 67.8 Å². The number of aromatic nitrogens is 1. The highest BCUT2D eigenvalue weighted by Gasteiger charge is 2.22. The minimum absolute atomic E-state index is 0.115. The van der Waals surface area contributed by atoms with Crippen LogP contribution in [0.25, 0.3) is 11.3 Å². The average Bonchev–Trinajstić information content (AvgIpc) is 2.74. The molecular weight excluding hydrogens is 389 g/mol. The second kappa shape index (κ2) is 10.9. The van der Waals surface area contributed by atoms with E-state index in [0.717, 1.165) is 16.7 Å². The topological polar surface area (TPSA) is 74.6 Å². The Morgan fingerprint density at radius 3 is 2.48 bits per heavy atom. The molecule has 154 valence electrons. The van der Waals surface area contributed by atoms with Crippen LogP contribution in [0.15, 0.2) is 53.8 Å². The van der Waals surface area contributed by atoms with Crippen LogP contribution in [-0.2, 0) is 4.79 Å². The number of rotatable bonds is 9. The summed E-state index contributed by atoms with van der Waals surface area (Å²) in [5.41, 5.74) is 4.34. The minimum atomic E-state index is -0.619. The van der Waals surface area contributed by atoms with Crippen LogP contribution in [0.4, 0.5) is 4.39 Å². The summed E-state index contributed by atoms with van der Waals surface area (Å²) in [5, 5.41) is 12.2. The van der Waals surface area contributed by atoms with E-state index < -0.39 is 5.54 Å². The van der Waals surface area contributed by atoms with Gasteiger partial charge in [-0.25, -0.2) is 9.38 Å². The predicted octanol–water partition coefficient (Wildman–Crippen LogP) is 4.15. The van der Waals surface area contributed by atoms with E-state index in [1.54, 1.807) is 37.0 Å². The number of pyridine rings is 1. The molecule has 29 heavy (non-hydrogen) atoms. The first-order valence-electron chi connectivity index (χ1n) is 9.32. The van der Waals surface area contributed by atoms with Gasteiger partial charge in [-0.3, -0.25) is 9.78 Å². The lowest BCUT2D eigenvalue weighted by molar-refractivity contribution is -0.120. The standard InChI is InChI=1S/C22H26FN3O2S/c1-4-22(3,14-27)26-20(28)13-29-15-25-21(18-5-7-19(23)8-6-18)16(2)17-9-11-24-12-10-17/h5-12,15,27H,4,13-14H2,1-3H3,(H,26,28)/b21-16+,25-15?. The number of amides is 1. The summed E-state index contributed by atoms with van der Waals surface area (Å²) in [6.07, 6.45) is 4.04. The number of allylic oxidation sites excluding steroid dienone is 1. The highest BCUT2D eigenvalue weighted by Crippen LogP contribution is 2.27. The van der Waals surface area contributed by atoms with Gasteiger partial charge in [0, 0.05) is 18.0 Å². The van der Waals surface area contributed by atoms with Gasteiger partial charge in [0.25, 0.3) is 0 Å². The van der Waals surface area contributed by atoms with E-state index >= 15 is 0 Å². The fourth-order valence-electron chi connectivity index (χ4n) is 2.55. The number of halogens is 1. The van der Waals surface area contributed by atoms with Crippen LogP contribution < -0.4 is 5.32 Å². The van der Waals surface area contributed by atoms with Gasteiger partial charge in [-0.1, -0.05) is 6.92 Å². The van der Waals surface area contributed by atoms with Gasteiger partial charge >= 0.3 is 0 Å². The quantitative estimate of drug-likeness (QED) is 0.477. The summed E-state index contributed by atoms with van der Waals surface area (Å²) in [5.74, 6) is -0.296. The molecule has 0 aliphatic rings. The molecule has 0 aliphatic carbocycles. The van der Waals surface area contributed by atoms with Crippen molar-refractivity contribution in [1.82, 2.24) is 10.3 Å². The Balaban J connectivity index is 2.16. The third-order valence-corrected chi connectivity index (χ3v) is 5.31. The monoisotopic (exact) mass is 415 g/mol. The van der Waals surface area contributed by atoms with Crippen molar-refractivity contribution < 1.29 is 14.3 Å². The highest BCUT2D eigenvalue weighted by molar-refractivity contribution is 8.12. The molecule has 1 amide bonds. The number of nitrogens with one attached hydrogen (secondary N) is 1. The number of carbonyl (C=O) groups excluding carboxylic acids is 1. The van der Waals surface area contributed by atoms with E-state index in [2.05, 4.69) is 15.3 Å². The lowest BCUT2D eigenvalue weighted by atomic mass is 10.0. The third kappa shape index (κ3) is 6.80. The molecule has 0 fully saturated rings. The van der Waals surface area contributed by atoms with Crippen LogP contribution in [0.2, 0.25) is 0 Å².